The highest BCUT2D eigenvalue weighted by Crippen LogP contribution is 2.21. The maximum atomic E-state index is 11.1. The molecular formula is C13H15ClN4O. The number of hydrogen-bond donors (Lipinski definition) is 2. The number of hydrogen-bond acceptors (Lipinski definition) is 3. The van der Waals surface area contributed by atoms with Gasteiger partial charge in [0, 0.05) is 18.4 Å². The summed E-state index contributed by atoms with van der Waals surface area (Å²) in [5.74, 6) is -0.527. The number of anilines is 1. The van der Waals surface area contributed by atoms with Gasteiger partial charge in [-0.3, -0.25) is 4.79 Å². The third kappa shape index (κ3) is 3.06. The molecule has 0 saturated carbocycles. The quantitative estimate of drug-likeness (QED) is 0.881. The van der Waals surface area contributed by atoms with Crippen LogP contribution in [-0.4, -0.2) is 15.5 Å². The van der Waals surface area contributed by atoms with Crippen LogP contribution in [0.25, 0.3) is 0 Å². The largest absolute Gasteiger partial charge is 0.379 e. The van der Waals surface area contributed by atoms with Crippen LogP contribution in [0.5, 0.6) is 0 Å². The normalized spacial score (nSPS) is 10.4. The lowest BCUT2D eigenvalue weighted by atomic mass is 10.2. The Hall–Kier alpha value is -2.01. The number of carbonyl (C=O) groups is 1. The number of halogens is 1. The number of nitrogens with one attached hydrogen (secondary N) is 1. The highest BCUT2D eigenvalue weighted by Gasteiger charge is 2.07. The minimum atomic E-state index is -0.527. The van der Waals surface area contributed by atoms with Gasteiger partial charge >= 0.3 is 0 Å². The van der Waals surface area contributed by atoms with Gasteiger partial charge in [0.15, 0.2) is 0 Å². The molecule has 0 aliphatic carbocycles. The van der Waals surface area contributed by atoms with Gasteiger partial charge in [0.1, 0.15) is 0 Å². The van der Waals surface area contributed by atoms with E-state index in [0.29, 0.717) is 17.1 Å². The lowest BCUT2D eigenvalue weighted by Crippen LogP contribution is -2.12. The Morgan fingerprint density at radius 2 is 2.32 bits per heavy atom. The predicted molar refractivity (Wildman–Crippen MR) is 75.2 cm³/mol. The van der Waals surface area contributed by atoms with Crippen molar-refractivity contribution >= 4 is 23.2 Å². The van der Waals surface area contributed by atoms with Crippen LogP contribution in [0.15, 0.2) is 30.7 Å². The van der Waals surface area contributed by atoms with Gasteiger partial charge in [-0.2, -0.15) is 0 Å². The molecule has 0 spiro atoms. The SMILES string of the molecule is CCn1cncc1CNc1ccc(C(N)=O)c(Cl)c1. The molecule has 2 rings (SSSR count). The molecular weight excluding hydrogens is 264 g/mol. The summed E-state index contributed by atoms with van der Waals surface area (Å²) in [4.78, 5) is 15.2. The van der Waals surface area contributed by atoms with E-state index in [0.717, 1.165) is 17.9 Å². The van der Waals surface area contributed by atoms with Crippen LogP contribution >= 0.6 is 11.6 Å². The molecule has 0 aliphatic heterocycles. The molecule has 3 N–H and O–H groups in total. The number of imidazole rings is 1. The van der Waals surface area contributed by atoms with Crippen molar-refractivity contribution in [3.63, 3.8) is 0 Å². The zero-order chi connectivity index (χ0) is 13.8. The van der Waals surface area contributed by atoms with Crippen LogP contribution in [-0.2, 0) is 13.1 Å². The number of rotatable bonds is 5. The van der Waals surface area contributed by atoms with Gasteiger partial charge in [0.05, 0.1) is 29.2 Å². The van der Waals surface area contributed by atoms with Crippen molar-refractivity contribution in [1.29, 1.82) is 0 Å². The second-order valence-electron chi connectivity index (χ2n) is 4.08. The fraction of sp³-hybridized carbons (Fsp3) is 0.231. The van der Waals surface area contributed by atoms with Gasteiger partial charge in [-0.05, 0) is 25.1 Å². The first-order valence-electron chi connectivity index (χ1n) is 5.94. The summed E-state index contributed by atoms with van der Waals surface area (Å²) in [7, 11) is 0. The molecule has 100 valence electrons. The van der Waals surface area contributed by atoms with Gasteiger partial charge < -0.3 is 15.6 Å². The van der Waals surface area contributed by atoms with Crippen LogP contribution in [0.4, 0.5) is 5.69 Å². The summed E-state index contributed by atoms with van der Waals surface area (Å²) in [6, 6.07) is 5.08. The summed E-state index contributed by atoms with van der Waals surface area (Å²) in [5.41, 5.74) is 7.44. The number of nitrogens with zero attached hydrogens (tertiary/aromatic N) is 2. The van der Waals surface area contributed by atoms with Gasteiger partial charge in [-0.15, -0.1) is 0 Å². The smallest absolute Gasteiger partial charge is 0.250 e. The van der Waals surface area contributed by atoms with E-state index < -0.39 is 5.91 Å². The molecule has 0 atom stereocenters. The number of benzene rings is 1. The second-order valence-corrected chi connectivity index (χ2v) is 4.49. The number of carbonyl (C=O) groups excluding carboxylic acids is 1. The third-order valence-electron chi connectivity index (χ3n) is 2.85. The van der Waals surface area contributed by atoms with E-state index in [1.807, 2.05) is 10.8 Å². The molecule has 0 saturated heterocycles. The van der Waals surface area contributed by atoms with Crippen LogP contribution in [0, 0.1) is 0 Å². The maximum Gasteiger partial charge on any atom is 0.250 e. The number of amides is 1. The first-order valence-corrected chi connectivity index (χ1v) is 6.32. The Bertz CT molecular complexity index is 594. The lowest BCUT2D eigenvalue weighted by molar-refractivity contribution is 0.100. The molecule has 0 unspecified atom stereocenters. The first-order chi connectivity index (χ1) is 9.11. The summed E-state index contributed by atoms with van der Waals surface area (Å²) in [5, 5.41) is 3.58. The Labute approximate surface area is 116 Å². The highest BCUT2D eigenvalue weighted by molar-refractivity contribution is 6.34. The summed E-state index contributed by atoms with van der Waals surface area (Å²) in [6.07, 6.45) is 3.61. The van der Waals surface area contributed by atoms with Crippen molar-refractivity contribution in [2.45, 2.75) is 20.0 Å². The van der Waals surface area contributed by atoms with E-state index in [2.05, 4.69) is 17.2 Å². The van der Waals surface area contributed by atoms with Gasteiger partial charge in [-0.25, -0.2) is 4.98 Å². The van der Waals surface area contributed by atoms with Crippen LogP contribution in [0.2, 0.25) is 5.02 Å². The Kier molecular flexibility index (Phi) is 4.06. The monoisotopic (exact) mass is 278 g/mol. The highest BCUT2D eigenvalue weighted by atomic mass is 35.5. The molecule has 0 bridgehead atoms. The molecule has 0 radical (unpaired) electrons. The molecule has 2 aromatic rings. The summed E-state index contributed by atoms with van der Waals surface area (Å²) in [6.45, 7) is 3.57. The third-order valence-corrected chi connectivity index (χ3v) is 3.16. The van der Waals surface area contributed by atoms with Crippen molar-refractivity contribution in [2.24, 2.45) is 5.73 Å². The average molecular weight is 279 g/mol. The molecule has 6 heteroatoms. The zero-order valence-electron chi connectivity index (χ0n) is 10.6. The molecule has 1 aromatic heterocycles. The Balaban J connectivity index is 2.08. The molecule has 1 amide bonds. The molecule has 1 aromatic carbocycles. The first kappa shape index (κ1) is 13.4. The summed E-state index contributed by atoms with van der Waals surface area (Å²) < 4.78 is 2.05. The fourth-order valence-corrected chi connectivity index (χ4v) is 2.07. The number of aromatic nitrogens is 2. The molecule has 19 heavy (non-hydrogen) atoms. The molecule has 5 nitrogen and oxygen atoms in total. The van der Waals surface area contributed by atoms with Crippen LogP contribution in [0.3, 0.4) is 0 Å². The Morgan fingerprint density at radius 1 is 1.53 bits per heavy atom. The molecule has 0 aliphatic rings. The van der Waals surface area contributed by atoms with Crippen molar-refractivity contribution in [3.8, 4) is 0 Å². The number of primary amides is 1. The minimum Gasteiger partial charge on any atom is -0.379 e. The minimum absolute atomic E-state index is 0.325. The standard InChI is InChI=1S/C13H15ClN4O/c1-2-18-8-16-6-10(18)7-17-9-3-4-11(13(15)19)12(14)5-9/h3-6,8,17H,2,7H2,1H3,(H2,15,19). The van der Waals surface area contributed by atoms with Crippen LogP contribution in [0.1, 0.15) is 23.0 Å². The molecule has 0 fully saturated rings. The number of nitrogens with two attached hydrogens (primary N) is 1. The Morgan fingerprint density at radius 3 is 2.95 bits per heavy atom. The van der Waals surface area contributed by atoms with E-state index in [4.69, 9.17) is 17.3 Å². The van der Waals surface area contributed by atoms with Crippen molar-refractivity contribution in [3.05, 3.63) is 47.0 Å². The van der Waals surface area contributed by atoms with E-state index in [-0.39, 0.29) is 0 Å². The summed E-state index contributed by atoms with van der Waals surface area (Å²) >= 11 is 5.99. The zero-order valence-corrected chi connectivity index (χ0v) is 11.3. The fourth-order valence-electron chi connectivity index (χ4n) is 1.80. The van der Waals surface area contributed by atoms with Crippen molar-refractivity contribution < 1.29 is 4.79 Å². The van der Waals surface area contributed by atoms with Crippen LogP contribution < -0.4 is 11.1 Å². The topological polar surface area (TPSA) is 72.9 Å². The van der Waals surface area contributed by atoms with Crippen molar-refractivity contribution in [1.82, 2.24) is 9.55 Å². The van der Waals surface area contributed by atoms with Crippen molar-refractivity contribution in [2.75, 3.05) is 5.32 Å². The molecule has 1 heterocycles. The second kappa shape index (κ2) is 5.75. The van der Waals surface area contributed by atoms with E-state index in [1.54, 1.807) is 24.5 Å². The van der Waals surface area contributed by atoms with Gasteiger partial charge in [0.2, 0.25) is 5.91 Å². The van der Waals surface area contributed by atoms with E-state index >= 15 is 0 Å². The lowest BCUT2D eigenvalue weighted by Gasteiger charge is -2.09. The average Bonchev–Trinajstić information content (AvgIpc) is 2.83. The number of aryl methyl sites for hydroxylation is 1. The van der Waals surface area contributed by atoms with E-state index in [1.165, 1.54) is 0 Å². The maximum absolute atomic E-state index is 11.1. The van der Waals surface area contributed by atoms with E-state index in [9.17, 15) is 4.79 Å². The van der Waals surface area contributed by atoms with Gasteiger partial charge in [0.25, 0.3) is 0 Å². The predicted octanol–water partition coefficient (Wildman–Crippen LogP) is 2.27. The van der Waals surface area contributed by atoms with Gasteiger partial charge in [-0.1, -0.05) is 11.6 Å².